The molecule has 134 valence electrons. The van der Waals surface area contributed by atoms with Crippen molar-refractivity contribution in [2.75, 3.05) is 6.54 Å². The number of carbonyl (C=O) groups excluding carboxylic acids is 1. The first-order chi connectivity index (χ1) is 11.8. The van der Waals surface area contributed by atoms with Gasteiger partial charge in [-0.15, -0.1) is 0 Å². The van der Waals surface area contributed by atoms with Gasteiger partial charge < -0.3 is 5.32 Å². The highest BCUT2D eigenvalue weighted by Gasteiger charge is 2.27. The standard InChI is InChI=1S/C18H21BrN2O3S/c1-14(2)20-18(22)13-21(12-15-6-4-3-5-7-15)25(23,24)17-10-8-16(19)9-11-17/h3-11,14H,12-13H2,1-2H3,(H,20,22). The third-order valence-corrected chi connectivity index (χ3v) is 5.76. The molecule has 1 amide bonds. The molecular weight excluding hydrogens is 404 g/mol. The van der Waals surface area contributed by atoms with Crippen molar-refractivity contribution in [2.24, 2.45) is 0 Å². The summed E-state index contributed by atoms with van der Waals surface area (Å²) in [5, 5.41) is 2.74. The van der Waals surface area contributed by atoms with Crippen LogP contribution >= 0.6 is 15.9 Å². The minimum atomic E-state index is -3.80. The van der Waals surface area contributed by atoms with E-state index in [1.165, 1.54) is 16.4 Å². The first kappa shape index (κ1) is 19.6. The van der Waals surface area contributed by atoms with Gasteiger partial charge in [0.1, 0.15) is 0 Å². The molecule has 2 rings (SSSR count). The zero-order valence-corrected chi connectivity index (χ0v) is 16.5. The summed E-state index contributed by atoms with van der Waals surface area (Å²) in [4.78, 5) is 12.3. The van der Waals surface area contributed by atoms with Crippen LogP contribution in [0.1, 0.15) is 19.4 Å². The Balaban J connectivity index is 2.32. The number of rotatable bonds is 7. The average Bonchev–Trinajstić information content (AvgIpc) is 2.55. The monoisotopic (exact) mass is 424 g/mol. The predicted molar refractivity (Wildman–Crippen MR) is 101 cm³/mol. The van der Waals surface area contributed by atoms with Crippen LogP contribution < -0.4 is 5.32 Å². The maximum atomic E-state index is 13.0. The van der Waals surface area contributed by atoms with Gasteiger partial charge in [-0.25, -0.2) is 8.42 Å². The Morgan fingerprint density at radius 1 is 1.08 bits per heavy atom. The molecule has 0 unspecified atom stereocenters. The SMILES string of the molecule is CC(C)NC(=O)CN(Cc1ccccc1)S(=O)(=O)c1ccc(Br)cc1. The fraction of sp³-hybridized carbons (Fsp3) is 0.278. The van der Waals surface area contributed by atoms with Crippen molar-refractivity contribution in [2.45, 2.75) is 31.3 Å². The summed E-state index contributed by atoms with van der Waals surface area (Å²) >= 11 is 3.30. The van der Waals surface area contributed by atoms with Crippen LogP contribution in [0.25, 0.3) is 0 Å². The zero-order valence-electron chi connectivity index (χ0n) is 14.1. The maximum absolute atomic E-state index is 13.0. The van der Waals surface area contributed by atoms with Gasteiger partial charge in [0, 0.05) is 17.1 Å². The van der Waals surface area contributed by atoms with E-state index in [0.717, 1.165) is 10.0 Å². The summed E-state index contributed by atoms with van der Waals surface area (Å²) in [6.07, 6.45) is 0. The smallest absolute Gasteiger partial charge is 0.243 e. The lowest BCUT2D eigenvalue weighted by atomic mass is 10.2. The van der Waals surface area contributed by atoms with Gasteiger partial charge >= 0.3 is 0 Å². The molecule has 0 bridgehead atoms. The predicted octanol–water partition coefficient (Wildman–Crippen LogP) is 3.16. The molecule has 0 radical (unpaired) electrons. The molecule has 2 aromatic rings. The van der Waals surface area contributed by atoms with Crippen molar-refractivity contribution in [3.8, 4) is 0 Å². The molecule has 7 heteroatoms. The summed E-state index contributed by atoms with van der Waals surface area (Å²) in [5.41, 5.74) is 0.820. The van der Waals surface area contributed by atoms with Crippen LogP contribution in [0.2, 0.25) is 0 Å². The second-order valence-corrected chi connectivity index (χ2v) is 8.79. The number of benzene rings is 2. The zero-order chi connectivity index (χ0) is 18.4. The lowest BCUT2D eigenvalue weighted by Gasteiger charge is -2.22. The number of nitrogens with one attached hydrogen (secondary N) is 1. The van der Waals surface area contributed by atoms with Crippen molar-refractivity contribution in [1.82, 2.24) is 9.62 Å². The van der Waals surface area contributed by atoms with Crippen LogP contribution in [0, 0.1) is 0 Å². The van der Waals surface area contributed by atoms with Crippen LogP contribution in [0.4, 0.5) is 0 Å². The summed E-state index contributed by atoms with van der Waals surface area (Å²) in [5.74, 6) is -0.327. The average molecular weight is 425 g/mol. The minimum absolute atomic E-state index is 0.0542. The maximum Gasteiger partial charge on any atom is 0.243 e. The largest absolute Gasteiger partial charge is 0.353 e. The van der Waals surface area contributed by atoms with Crippen molar-refractivity contribution < 1.29 is 13.2 Å². The third kappa shape index (κ3) is 5.66. The summed E-state index contributed by atoms with van der Waals surface area (Å²) in [7, 11) is -3.80. The van der Waals surface area contributed by atoms with Crippen molar-refractivity contribution >= 4 is 31.9 Å². The number of sulfonamides is 1. The lowest BCUT2D eigenvalue weighted by Crippen LogP contribution is -2.42. The number of hydrogen-bond acceptors (Lipinski definition) is 3. The normalized spacial score (nSPS) is 11.7. The van der Waals surface area contributed by atoms with Gasteiger partial charge in [-0.3, -0.25) is 4.79 Å². The Labute approximate surface area is 157 Å². The molecule has 0 heterocycles. The second kappa shape index (κ2) is 8.60. The van der Waals surface area contributed by atoms with Gasteiger partial charge in [-0.05, 0) is 43.7 Å². The molecule has 2 aromatic carbocycles. The molecule has 0 saturated carbocycles. The van der Waals surface area contributed by atoms with E-state index in [-0.39, 0.29) is 29.9 Å². The van der Waals surface area contributed by atoms with E-state index in [2.05, 4.69) is 21.2 Å². The summed E-state index contributed by atoms with van der Waals surface area (Å²) in [6.45, 7) is 3.57. The number of hydrogen-bond donors (Lipinski definition) is 1. The number of amides is 1. The molecule has 0 atom stereocenters. The van der Waals surface area contributed by atoms with Gasteiger partial charge in [-0.2, -0.15) is 4.31 Å². The number of carbonyl (C=O) groups is 1. The van der Waals surface area contributed by atoms with E-state index in [4.69, 9.17) is 0 Å². The van der Waals surface area contributed by atoms with Crippen molar-refractivity contribution in [1.29, 1.82) is 0 Å². The molecule has 0 fully saturated rings. The van der Waals surface area contributed by atoms with Crippen LogP contribution in [0.3, 0.4) is 0 Å². The molecule has 1 N–H and O–H groups in total. The molecule has 0 aliphatic rings. The highest BCUT2D eigenvalue weighted by Crippen LogP contribution is 2.20. The van der Waals surface area contributed by atoms with E-state index >= 15 is 0 Å². The van der Waals surface area contributed by atoms with Crippen LogP contribution in [0.5, 0.6) is 0 Å². The molecule has 25 heavy (non-hydrogen) atoms. The molecule has 5 nitrogen and oxygen atoms in total. The molecule has 0 saturated heterocycles. The Morgan fingerprint density at radius 2 is 1.68 bits per heavy atom. The van der Waals surface area contributed by atoms with Gasteiger partial charge in [-0.1, -0.05) is 46.3 Å². The van der Waals surface area contributed by atoms with Gasteiger partial charge in [0.15, 0.2) is 0 Å². The first-order valence-electron chi connectivity index (χ1n) is 7.88. The van der Waals surface area contributed by atoms with E-state index in [0.29, 0.717) is 0 Å². The van der Waals surface area contributed by atoms with Gasteiger partial charge in [0.2, 0.25) is 15.9 Å². The van der Waals surface area contributed by atoms with E-state index in [9.17, 15) is 13.2 Å². The van der Waals surface area contributed by atoms with E-state index < -0.39 is 10.0 Å². The lowest BCUT2D eigenvalue weighted by molar-refractivity contribution is -0.121. The second-order valence-electron chi connectivity index (χ2n) is 5.93. The van der Waals surface area contributed by atoms with Crippen molar-refractivity contribution in [3.63, 3.8) is 0 Å². The molecule has 0 aliphatic carbocycles. The third-order valence-electron chi connectivity index (χ3n) is 3.42. The van der Waals surface area contributed by atoms with E-state index in [1.54, 1.807) is 12.1 Å². The van der Waals surface area contributed by atoms with Crippen LogP contribution in [-0.4, -0.2) is 31.2 Å². The highest BCUT2D eigenvalue weighted by atomic mass is 79.9. The van der Waals surface area contributed by atoms with Gasteiger partial charge in [0.05, 0.1) is 11.4 Å². The fourth-order valence-corrected chi connectivity index (χ4v) is 3.95. The fourth-order valence-electron chi connectivity index (χ4n) is 2.30. The molecule has 0 aromatic heterocycles. The van der Waals surface area contributed by atoms with Gasteiger partial charge in [0.25, 0.3) is 0 Å². The minimum Gasteiger partial charge on any atom is -0.353 e. The number of nitrogens with zero attached hydrogens (tertiary/aromatic N) is 1. The molecule has 0 aliphatic heterocycles. The van der Waals surface area contributed by atoms with Crippen LogP contribution in [0.15, 0.2) is 64.0 Å². The molecular formula is C18H21BrN2O3S. The van der Waals surface area contributed by atoms with Crippen molar-refractivity contribution in [3.05, 3.63) is 64.6 Å². The Bertz CT molecular complexity index is 806. The summed E-state index contributed by atoms with van der Waals surface area (Å²) in [6, 6.07) is 15.6. The summed E-state index contributed by atoms with van der Waals surface area (Å²) < 4.78 is 28.0. The highest BCUT2D eigenvalue weighted by molar-refractivity contribution is 9.10. The quantitative estimate of drug-likeness (QED) is 0.741. The Morgan fingerprint density at radius 3 is 2.24 bits per heavy atom. The van der Waals surface area contributed by atoms with Crippen LogP contribution in [-0.2, 0) is 21.4 Å². The van der Waals surface area contributed by atoms with E-state index in [1.807, 2.05) is 44.2 Å². The Kier molecular flexibility index (Phi) is 6.75. The number of halogens is 1. The topological polar surface area (TPSA) is 66.5 Å². The first-order valence-corrected chi connectivity index (χ1v) is 10.1. The Hall–Kier alpha value is -1.70. The molecule has 0 spiro atoms.